The summed E-state index contributed by atoms with van der Waals surface area (Å²) in [6.45, 7) is 2.97. The van der Waals surface area contributed by atoms with Crippen molar-refractivity contribution in [3.8, 4) is 23.0 Å². The molecule has 0 aromatic heterocycles. The van der Waals surface area contributed by atoms with Crippen LogP contribution in [0.2, 0.25) is 0 Å². The van der Waals surface area contributed by atoms with E-state index in [2.05, 4.69) is 0 Å². The molecule has 0 saturated carbocycles. The van der Waals surface area contributed by atoms with Gasteiger partial charge in [0.25, 0.3) is 0 Å². The number of ether oxygens (including phenoxy) is 4. The first-order valence-electron chi connectivity index (χ1n) is 9.04. The average molecular weight is 404 g/mol. The zero-order chi connectivity index (χ0) is 20.1. The molecule has 0 aliphatic carbocycles. The molecule has 2 aromatic carbocycles. The Hall–Kier alpha value is -2.54. The number of amides is 1. The number of benzene rings is 2. The topological polar surface area (TPSA) is 57.2 Å². The van der Waals surface area contributed by atoms with E-state index in [-0.39, 0.29) is 11.3 Å². The van der Waals surface area contributed by atoms with Crippen LogP contribution >= 0.6 is 11.8 Å². The summed E-state index contributed by atoms with van der Waals surface area (Å²) in [4.78, 5) is 14.5. The van der Waals surface area contributed by atoms with Crippen LogP contribution in [0.25, 0.3) is 0 Å². The van der Waals surface area contributed by atoms with Crippen LogP contribution in [0.4, 0.5) is 0 Å². The van der Waals surface area contributed by atoms with Crippen LogP contribution in [0.15, 0.2) is 36.4 Å². The second-order valence-corrected chi connectivity index (χ2v) is 7.26. The molecule has 1 unspecified atom stereocenters. The first-order valence-corrected chi connectivity index (χ1v) is 10.1. The number of para-hydroxylation sites is 1. The van der Waals surface area contributed by atoms with Crippen molar-refractivity contribution in [1.82, 2.24) is 4.90 Å². The van der Waals surface area contributed by atoms with E-state index in [0.717, 1.165) is 16.9 Å². The molecule has 1 saturated heterocycles. The van der Waals surface area contributed by atoms with Crippen LogP contribution < -0.4 is 18.9 Å². The van der Waals surface area contributed by atoms with Gasteiger partial charge in [-0.2, -0.15) is 0 Å². The Morgan fingerprint density at radius 1 is 1.04 bits per heavy atom. The van der Waals surface area contributed by atoms with E-state index in [9.17, 15) is 4.79 Å². The second-order valence-electron chi connectivity index (χ2n) is 6.19. The fraction of sp³-hybridized carbons (Fsp3) is 0.381. The van der Waals surface area contributed by atoms with E-state index >= 15 is 0 Å². The molecule has 0 radical (unpaired) electrons. The van der Waals surface area contributed by atoms with Gasteiger partial charge in [0.15, 0.2) is 11.5 Å². The number of carbonyl (C=O) groups excluding carboxylic acids is 1. The van der Waals surface area contributed by atoms with Crippen LogP contribution in [0, 0.1) is 0 Å². The first-order chi connectivity index (χ1) is 13.6. The van der Waals surface area contributed by atoms with E-state index in [1.165, 1.54) is 0 Å². The molecule has 1 amide bonds. The number of methoxy groups -OCH3 is 3. The van der Waals surface area contributed by atoms with Crippen molar-refractivity contribution in [3.63, 3.8) is 0 Å². The summed E-state index contributed by atoms with van der Waals surface area (Å²) >= 11 is 1.61. The second kappa shape index (κ2) is 9.10. The molecule has 28 heavy (non-hydrogen) atoms. The van der Waals surface area contributed by atoms with Crippen LogP contribution in [0.5, 0.6) is 23.0 Å². The Bertz CT molecular complexity index is 816. The third kappa shape index (κ3) is 3.99. The molecule has 1 atom stereocenters. The number of rotatable bonds is 8. The monoisotopic (exact) mass is 403 g/mol. The van der Waals surface area contributed by atoms with Gasteiger partial charge in [-0.25, -0.2) is 0 Å². The zero-order valence-corrected chi connectivity index (χ0v) is 17.4. The average Bonchev–Trinajstić information content (AvgIpc) is 3.08. The lowest BCUT2D eigenvalue weighted by molar-refractivity contribution is -0.128. The molecule has 1 heterocycles. The molecule has 1 aliphatic heterocycles. The quantitative estimate of drug-likeness (QED) is 0.667. The molecule has 0 N–H and O–H groups in total. The van der Waals surface area contributed by atoms with Gasteiger partial charge >= 0.3 is 0 Å². The minimum atomic E-state index is -0.102. The van der Waals surface area contributed by atoms with E-state index in [1.807, 2.05) is 48.2 Å². The maximum atomic E-state index is 12.6. The highest BCUT2D eigenvalue weighted by Crippen LogP contribution is 2.44. The maximum absolute atomic E-state index is 12.6. The summed E-state index contributed by atoms with van der Waals surface area (Å²) in [5.74, 6) is 3.02. The van der Waals surface area contributed by atoms with Gasteiger partial charge in [0.2, 0.25) is 11.7 Å². The van der Waals surface area contributed by atoms with E-state index in [1.54, 1.807) is 33.1 Å². The van der Waals surface area contributed by atoms with E-state index < -0.39 is 0 Å². The van der Waals surface area contributed by atoms with Gasteiger partial charge < -0.3 is 23.8 Å². The fourth-order valence-electron chi connectivity index (χ4n) is 3.28. The highest BCUT2D eigenvalue weighted by molar-refractivity contribution is 8.00. The zero-order valence-electron chi connectivity index (χ0n) is 16.6. The van der Waals surface area contributed by atoms with Gasteiger partial charge in [-0.3, -0.25) is 4.79 Å². The lowest BCUT2D eigenvalue weighted by atomic mass is 10.1. The maximum Gasteiger partial charge on any atom is 0.234 e. The van der Waals surface area contributed by atoms with Gasteiger partial charge in [0.05, 0.1) is 33.7 Å². The Kier molecular flexibility index (Phi) is 6.57. The van der Waals surface area contributed by atoms with E-state index in [0.29, 0.717) is 36.2 Å². The summed E-state index contributed by atoms with van der Waals surface area (Å²) in [7, 11) is 4.74. The van der Waals surface area contributed by atoms with Crippen molar-refractivity contribution < 1.29 is 23.7 Å². The summed E-state index contributed by atoms with van der Waals surface area (Å²) < 4.78 is 22.0. The van der Waals surface area contributed by atoms with Gasteiger partial charge in [-0.1, -0.05) is 18.2 Å². The molecule has 3 rings (SSSR count). The normalized spacial score (nSPS) is 16.2. The molecule has 150 valence electrons. The molecule has 1 aliphatic rings. The van der Waals surface area contributed by atoms with Crippen LogP contribution in [-0.2, 0) is 11.3 Å². The number of hydrogen-bond acceptors (Lipinski definition) is 6. The Labute approximate surface area is 169 Å². The predicted molar refractivity (Wildman–Crippen MR) is 109 cm³/mol. The van der Waals surface area contributed by atoms with Crippen molar-refractivity contribution in [2.24, 2.45) is 0 Å². The molecule has 0 spiro atoms. The lowest BCUT2D eigenvalue weighted by Crippen LogP contribution is -2.28. The minimum Gasteiger partial charge on any atom is -0.493 e. The smallest absolute Gasteiger partial charge is 0.234 e. The molecule has 7 heteroatoms. The van der Waals surface area contributed by atoms with Crippen molar-refractivity contribution >= 4 is 17.7 Å². The third-order valence-electron chi connectivity index (χ3n) is 4.53. The lowest BCUT2D eigenvalue weighted by Gasteiger charge is -2.26. The molecule has 2 aromatic rings. The Balaban J connectivity index is 1.93. The number of hydrogen-bond donors (Lipinski definition) is 0. The van der Waals surface area contributed by atoms with Crippen molar-refractivity contribution in [2.75, 3.05) is 33.7 Å². The minimum absolute atomic E-state index is 0.0926. The summed E-state index contributed by atoms with van der Waals surface area (Å²) in [6, 6.07) is 11.6. The molecule has 6 nitrogen and oxygen atoms in total. The first kappa shape index (κ1) is 20.2. The van der Waals surface area contributed by atoms with Gasteiger partial charge in [-0.05, 0) is 30.7 Å². The summed E-state index contributed by atoms with van der Waals surface area (Å²) in [5.41, 5.74) is 1.91. The van der Waals surface area contributed by atoms with Gasteiger partial charge in [-0.15, -0.1) is 11.8 Å². The van der Waals surface area contributed by atoms with Gasteiger partial charge in [0, 0.05) is 12.1 Å². The van der Waals surface area contributed by atoms with Crippen molar-refractivity contribution in [1.29, 1.82) is 0 Å². The van der Waals surface area contributed by atoms with Crippen molar-refractivity contribution in [3.05, 3.63) is 47.5 Å². The number of carbonyl (C=O) groups is 1. The number of thioether (sulfide) groups is 1. The summed E-state index contributed by atoms with van der Waals surface area (Å²) in [6.07, 6.45) is 0. The number of nitrogens with zero attached hydrogens (tertiary/aromatic N) is 1. The van der Waals surface area contributed by atoms with Crippen LogP contribution in [0.1, 0.15) is 23.4 Å². The summed E-state index contributed by atoms with van der Waals surface area (Å²) in [5, 5.41) is -0.102. The molecular weight excluding hydrogens is 378 g/mol. The highest BCUT2D eigenvalue weighted by Gasteiger charge is 2.34. The Morgan fingerprint density at radius 2 is 1.71 bits per heavy atom. The van der Waals surface area contributed by atoms with Crippen LogP contribution in [0.3, 0.4) is 0 Å². The third-order valence-corrected chi connectivity index (χ3v) is 5.77. The molecule has 0 bridgehead atoms. The SMILES string of the molecule is CCOc1ccccc1C1SCC(=O)N1Cc1cc(OC)c(OC)c(OC)c1. The predicted octanol–water partition coefficient (Wildman–Crippen LogP) is 3.89. The largest absolute Gasteiger partial charge is 0.493 e. The highest BCUT2D eigenvalue weighted by atomic mass is 32.2. The fourth-order valence-corrected chi connectivity index (χ4v) is 4.49. The van der Waals surface area contributed by atoms with E-state index in [4.69, 9.17) is 18.9 Å². The van der Waals surface area contributed by atoms with Crippen LogP contribution in [-0.4, -0.2) is 44.5 Å². The Morgan fingerprint density at radius 3 is 2.32 bits per heavy atom. The molecule has 1 fully saturated rings. The van der Waals surface area contributed by atoms with Crippen molar-refractivity contribution in [2.45, 2.75) is 18.8 Å². The van der Waals surface area contributed by atoms with Gasteiger partial charge in [0.1, 0.15) is 11.1 Å². The standard InChI is InChI=1S/C21H25NO5S/c1-5-27-16-9-7-6-8-15(16)21-22(19(23)13-28-21)12-14-10-17(24-2)20(26-4)18(11-14)25-3/h6-11,21H,5,12-13H2,1-4H3. The molecular formula is C21H25NO5S.